The number of carbonyl (C=O) groups is 1. The largest absolute Gasteiger partial charge is 0.497 e. The molecule has 2 aromatic carbocycles. The third-order valence-corrected chi connectivity index (χ3v) is 7.02. The Balaban J connectivity index is 1.65. The number of rotatable bonds is 6. The predicted octanol–water partition coefficient (Wildman–Crippen LogP) is 2.70. The fourth-order valence-electron chi connectivity index (χ4n) is 3.25. The number of methoxy groups -OCH3 is 1. The van der Waals surface area contributed by atoms with Gasteiger partial charge >= 0.3 is 0 Å². The lowest BCUT2D eigenvalue weighted by Gasteiger charge is -2.34. The molecule has 1 aliphatic rings. The number of nitrogens with one attached hydrogen (secondary N) is 1. The van der Waals surface area contributed by atoms with Gasteiger partial charge in [-0.05, 0) is 61.2 Å². The quantitative estimate of drug-likeness (QED) is 0.784. The molecule has 156 valence electrons. The Kier molecular flexibility index (Phi) is 6.56. The van der Waals surface area contributed by atoms with Gasteiger partial charge in [-0.1, -0.05) is 18.2 Å². The Hall–Kier alpha value is -2.42. The van der Waals surface area contributed by atoms with Crippen LogP contribution in [-0.4, -0.2) is 49.7 Å². The highest BCUT2D eigenvalue weighted by Gasteiger charge is 2.34. The van der Waals surface area contributed by atoms with Crippen molar-refractivity contribution in [3.05, 3.63) is 59.2 Å². The first kappa shape index (κ1) is 21.3. The van der Waals surface area contributed by atoms with Crippen LogP contribution in [0, 0.1) is 13.8 Å². The predicted molar refractivity (Wildman–Crippen MR) is 113 cm³/mol. The summed E-state index contributed by atoms with van der Waals surface area (Å²) in [5, 5.41) is 2.79. The highest BCUT2D eigenvalue weighted by atomic mass is 32.2. The zero-order chi connectivity index (χ0) is 21.0. The van der Waals surface area contributed by atoms with Crippen LogP contribution in [0.15, 0.2) is 42.5 Å². The standard InChI is InChI=1S/C21H27N3O4S/c1-16-5-8-19(13-17(16)2)22-21(25)15-24-12-4-11-23(29(24,26)27)14-18-6-9-20(28-3)10-7-18/h5-10,13H,4,11-12,14-15H2,1-3H3,(H,22,25). The first-order valence-electron chi connectivity index (χ1n) is 9.55. The summed E-state index contributed by atoms with van der Waals surface area (Å²) in [7, 11) is -2.12. The molecule has 8 heteroatoms. The van der Waals surface area contributed by atoms with Crippen LogP contribution in [-0.2, 0) is 21.5 Å². The molecular weight excluding hydrogens is 390 g/mol. The molecule has 0 unspecified atom stereocenters. The van der Waals surface area contributed by atoms with Gasteiger partial charge in [0.1, 0.15) is 5.75 Å². The number of benzene rings is 2. The van der Waals surface area contributed by atoms with Gasteiger partial charge in [-0.25, -0.2) is 0 Å². The van der Waals surface area contributed by atoms with Gasteiger partial charge in [-0.2, -0.15) is 17.0 Å². The van der Waals surface area contributed by atoms with E-state index in [2.05, 4.69) is 5.32 Å². The van der Waals surface area contributed by atoms with E-state index in [1.807, 2.05) is 44.2 Å². The van der Waals surface area contributed by atoms with Crippen molar-refractivity contribution in [2.45, 2.75) is 26.8 Å². The molecule has 1 aliphatic heterocycles. The SMILES string of the molecule is COc1ccc(CN2CCCN(CC(=O)Nc3ccc(C)c(C)c3)S2(=O)=O)cc1. The van der Waals surface area contributed by atoms with Crippen molar-refractivity contribution in [2.24, 2.45) is 0 Å². The molecular formula is C21H27N3O4S. The maximum absolute atomic E-state index is 13.0. The lowest BCUT2D eigenvalue weighted by Crippen LogP contribution is -2.51. The van der Waals surface area contributed by atoms with Crippen molar-refractivity contribution in [2.75, 3.05) is 32.1 Å². The average molecular weight is 418 g/mol. The van der Waals surface area contributed by atoms with Gasteiger partial charge in [0.2, 0.25) is 5.91 Å². The van der Waals surface area contributed by atoms with E-state index in [0.717, 1.165) is 22.4 Å². The second kappa shape index (κ2) is 8.94. The van der Waals surface area contributed by atoms with Crippen molar-refractivity contribution in [3.8, 4) is 5.75 Å². The summed E-state index contributed by atoms with van der Waals surface area (Å²) in [4.78, 5) is 12.5. The molecule has 1 amide bonds. The van der Waals surface area contributed by atoms with Crippen molar-refractivity contribution in [1.82, 2.24) is 8.61 Å². The normalized spacial score (nSPS) is 17.1. The second-order valence-electron chi connectivity index (χ2n) is 7.22. The van der Waals surface area contributed by atoms with Gasteiger partial charge < -0.3 is 10.1 Å². The number of amides is 1. The molecule has 2 aromatic rings. The molecule has 3 rings (SSSR count). The third kappa shape index (κ3) is 5.14. The number of carbonyl (C=O) groups excluding carboxylic acids is 1. The van der Waals surface area contributed by atoms with Crippen molar-refractivity contribution in [1.29, 1.82) is 0 Å². The summed E-state index contributed by atoms with van der Waals surface area (Å²) >= 11 is 0. The molecule has 0 spiro atoms. The highest BCUT2D eigenvalue weighted by molar-refractivity contribution is 7.86. The van der Waals surface area contributed by atoms with Crippen LogP contribution in [0.1, 0.15) is 23.1 Å². The molecule has 29 heavy (non-hydrogen) atoms. The summed E-state index contributed by atoms with van der Waals surface area (Å²) in [6.45, 7) is 4.80. The first-order valence-corrected chi connectivity index (χ1v) is 10.9. The Labute approximate surface area is 172 Å². The molecule has 0 aliphatic carbocycles. The topological polar surface area (TPSA) is 79.0 Å². The number of anilines is 1. The third-order valence-electron chi connectivity index (χ3n) is 5.10. The lowest BCUT2D eigenvalue weighted by molar-refractivity contribution is -0.116. The van der Waals surface area contributed by atoms with Crippen LogP contribution in [0.4, 0.5) is 5.69 Å². The number of hydrogen-bond acceptors (Lipinski definition) is 4. The number of nitrogens with zero attached hydrogens (tertiary/aromatic N) is 2. The van der Waals surface area contributed by atoms with Crippen molar-refractivity contribution >= 4 is 21.8 Å². The van der Waals surface area contributed by atoms with Gasteiger partial charge in [0.25, 0.3) is 10.2 Å². The minimum atomic E-state index is -3.71. The number of aryl methyl sites for hydroxylation is 2. The summed E-state index contributed by atoms with van der Waals surface area (Å²) < 4.78 is 33.8. The van der Waals surface area contributed by atoms with Crippen LogP contribution in [0.2, 0.25) is 0 Å². The Bertz CT molecular complexity index is 974. The van der Waals surface area contributed by atoms with E-state index in [1.54, 1.807) is 19.2 Å². The Morgan fingerprint density at radius 1 is 1.03 bits per heavy atom. The molecule has 1 heterocycles. The van der Waals surface area contributed by atoms with Crippen LogP contribution in [0.3, 0.4) is 0 Å². The molecule has 7 nitrogen and oxygen atoms in total. The molecule has 1 N–H and O–H groups in total. The second-order valence-corrected chi connectivity index (χ2v) is 9.15. The van der Waals surface area contributed by atoms with Gasteiger partial charge in [0.05, 0.1) is 13.7 Å². The molecule has 0 saturated carbocycles. The van der Waals surface area contributed by atoms with Crippen LogP contribution >= 0.6 is 0 Å². The molecule has 0 bridgehead atoms. The van der Waals surface area contributed by atoms with E-state index < -0.39 is 10.2 Å². The molecule has 0 aromatic heterocycles. The first-order chi connectivity index (χ1) is 13.8. The maximum atomic E-state index is 13.0. The van der Waals surface area contributed by atoms with Gasteiger partial charge in [-0.15, -0.1) is 0 Å². The summed E-state index contributed by atoms with van der Waals surface area (Å²) in [6, 6.07) is 12.9. The Morgan fingerprint density at radius 2 is 1.72 bits per heavy atom. The zero-order valence-corrected chi connectivity index (χ0v) is 17.8. The summed E-state index contributed by atoms with van der Waals surface area (Å²) in [6.07, 6.45) is 0.673. The summed E-state index contributed by atoms with van der Waals surface area (Å²) in [5.41, 5.74) is 3.74. The smallest absolute Gasteiger partial charge is 0.282 e. The molecule has 0 radical (unpaired) electrons. The van der Waals surface area contributed by atoms with E-state index in [0.29, 0.717) is 25.2 Å². The highest BCUT2D eigenvalue weighted by Crippen LogP contribution is 2.21. The van der Waals surface area contributed by atoms with Crippen LogP contribution in [0.25, 0.3) is 0 Å². The average Bonchev–Trinajstić information content (AvgIpc) is 2.68. The number of hydrogen-bond donors (Lipinski definition) is 1. The van der Waals surface area contributed by atoms with Gasteiger partial charge in [-0.3, -0.25) is 4.79 Å². The van der Waals surface area contributed by atoms with Gasteiger partial charge in [0, 0.05) is 25.3 Å². The minimum Gasteiger partial charge on any atom is -0.497 e. The van der Waals surface area contributed by atoms with Gasteiger partial charge in [0.15, 0.2) is 0 Å². The van der Waals surface area contributed by atoms with E-state index in [-0.39, 0.29) is 19.0 Å². The van der Waals surface area contributed by atoms with Crippen molar-refractivity contribution < 1.29 is 17.9 Å². The van der Waals surface area contributed by atoms with E-state index in [4.69, 9.17) is 4.74 Å². The molecule has 0 atom stereocenters. The number of ether oxygens (including phenoxy) is 1. The van der Waals surface area contributed by atoms with Crippen LogP contribution < -0.4 is 10.1 Å². The van der Waals surface area contributed by atoms with Crippen LogP contribution in [0.5, 0.6) is 5.75 Å². The minimum absolute atomic E-state index is 0.200. The monoisotopic (exact) mass is 417 g/mol. The lowest BCUT2D eigenvalue weighted by atomic mass is 10.1. The fourth-order valence-corrected chi connectivity index (χ4v) is 4.89. The van der Waals surface area contributed by atoms with E-state index in [1.165, 1.54) is 8.61 Å². The molecule has 1 fully saturated rings. The van der Waals surface area contributed by atoms with Crippen molar-refractivity contribution in [3.63, 3.8) is 0 Å². The molecule has 1 saturated heterocycles. The zero-order valence-electron chi connectivity index (χ0n) is 17.0. The Morgan fingerprint density at radius 3 is 2.38 bits per heavy atom. The fraction of sp³-hybridized carbons (Fsp3) is 0.381. The van der Waals surface area contributed by atoms with E-state index in [9.17, 15) is 13.2 Å². The summed E-state index contributed by atoms with van der Waals surface area (Å²) in [5.74, 6) is 0.378. The maximum Gasteiger partial charge on any atom is 0.282 e. The van der Waals surface area contributed by atoms with E-state index >= 15 is 0 Å².